The van der Waals surface area contributed by atoms with E-state index in [2.05, 4.69) is 20.7 Å². The maximum Gasteiger partial charge on any atom is 0.387 e. The van der Waals surface area contributed by atoms with Gasteiger partial charge in [0.15, 0.2) is 5.78 Å². The molecule has 5 nitrogen and oxygen atoms in total. The topological polar surface area (TPSA) is 69.4 Å². The van der Waals surface area contributed by atoms with Crippen molar-refractivity contribution in [1.82, 2.24) is 0 Å². The van der Waals surface area contributed by atoms with Crippen LogP contribution in [-0.2, 0) is 10.8 Å². The van der Waals surface area contributed by atoms with Gasteiger partial charge in [-0.2, -0.15) is 17.6 Å². The van der Waals surface area contributed by atoms with Gasteiger partial charge < -0.3 is 0 Å². The Kier molecular flexibility index (Phi) is 6.45. The van der Waals surface area contributed by atoms with Crippen LogP contribution in [0.15, 0.2) is 53.0 Å². The number of nitro groups is 1. The predicted octanol–water partition coefficient (Wildman–Crippen LogP) is 5.54. The molecule has 0 fully saturated rings. The number of allylic oxidation sites excluding steroid dienone is 1. The van der Waals surface area contributed by atoms with Gasteiger partial charge in [0, 0.05) is 16.1 Å². The third-order valence-corrected chi connectivity index (χ3v) is 4.04. The Morgan fingerprint density at radius 3 is 2.52 bits per heavy atom. The first-order valence-electron chi connectivity index (χ1n) is 7.21. The molecule has 0 aromatic heterocycles. The average molecular weight is 448 g/mol. The van der Waals surface area contributed by atoms with E-state index in [0.717, 1.165) is 24.3 Å². The Balaban J connectivity index is 2.31. The number of benzene rings is 2. The van der Waals surface area contributed by atoms with E-state index >= 15 is 0 Å². The molecule has 0 amide bonds. The van der Waals surface area contributed by atoms with Crippen LogP contribution >= 0.6 is 15.9 Å². The summed E-state index contributed by atoms with van der Waals surface area (Å²) in [4.78, 5) is 22.6. The minimum Gasteiger partial charge on any atom is -0.289 e. The van der Waals surface area contributed by atoms with E-state index in [1.807, 2.05) is 0 Å². The van der Waals surface area contributed by atoms with Crippen LogP contribution in [0.5, 0.6) is 0 Å². The zero-order chi connectivity index (χ0) is 20.2. The summed E-state index contributed by atoms with van der Waals surface area (Å²) in [6.07, 6.45) is -2.17. The summed E-state index contributed by atoms with van der Waals surface area (Å²) in [6.45, 7) is -3.70. The first-order chi connectivity index (χ1) is 12.6. The molecule has 0 spiro atoms. The molecule has 142 valence electrons. The summed E-state index contributed by atoms with van der Waals surface area (Å²) in [5.41, 5.74) is -1.30. The van der Waals surface area contributed by atoms with E-state index < -0.39 is 29.0 Å². The number of hydrogen-bond acceptors (Lipinski definition) is 4. The van der Waals surface area contributed by atoms with Crippen LogP contribution in [0.4, 0.5) is 23.2 Å². The second-order valence-electron chi connectivity index (χ2n) is 5.10. The highest BCUT2D eigenvalue weighted by Crippen LogP contribution is 2.32. The monoisotopic (exact) mass is 447 g/mol. The summed E-state index contributed by atoms with van der Waals surface area (Å²) in [5, 5.41) is 11.0. The van der Waals surface area contributed by atoms with E-state index in [1.54, 1.807) is 0 Å². The first-order valence-corrected chi connectivity index (χ1v) is 8.01. The van der Waals surface area contributed by atoms with Crippen molar-refractivity contribution in [3.05, 3.63) is 79.8 Å². The number of alkyl halides is 4. The minimum atomic E-state index is -4.28. The van der Waals surface area contributed by atoms with Crippen LogP contribution in [-0.4, -0.2) is 17.3 Å². The molecule has 0 aliphatic rings. The van der Waals surface area contributed by atoms with Gasteiger partial charge in [0.25, 0.3) is 5.69 Å². The lowest BCUT2D eigenvalue weighted by molar-refractivity contribution is -0.385. The molecule has 0 bridgehead atoms. The maximum absolute atomic E-state index is 13.6. The molecule has 0 aliphatic heterocycles. The van der Waals surface area contributed by atoms with Crippen LogP contribution in [0, 0.1) is 10.1 Å². The van der Waals surface area contributed by atoms with Crippen LogP contribution < -0.4 is 0 Å². The SMILES string of the molecule is O=C(/C=C/c1c(Br)cccc1[N+](=O)[O-])c1cccc(C(F)(F)OC(F)F)c1. The fourth-order valence-electron chi connectivity index (χ4n) is 2.14. The van der Waals surface area contributed by atoms with Crippen molar-refractivity contribution in [2.45, 2.75) is 12.7 Å². The van der Waals surface area contributed by atoms with E-state index in [-0.39, 0.29) is 16.8 Å². The van der Waals surface area contributed by atoms with Gasteiger partial charge in [-0.15, -0.1) is 0 Å². The van der Waals surface area contributed by atoms with E-state index in [0.29, 0.717) is 10.5 Å². The van der Waals surface area contributed by atoms with Gasteiger partial charge in [-0.05, 0) is 40.2 Å². The van der Waals surface area contributed by atoms with Gasteiger partial charge in [-0.1, -0.05) is 24.3 Å². The molecule has 10 heteroatoms. The van der Waals surface area contributed by atoms with Crippen molar-refractivity contribution in [3.8, 4) is 0 Å². The Morgan fingerprint density at radius 2 is 1.89 bits per heavy atom. The number of carbonyl (C=O) groups is 1. The summed E-state index contributed by atoms with van der Waals surface area (Å²) < 4.78 is 55.0. The lowest BCUT2D eigenvalue weighted by Gasteiger charge is -2.16. The number of rotatable bonds is 7. The lowest BCUT2D eigenvalue weighted by Crippen LogP contribution is -2.21. The summed E-state index contributed by atoms with van der Waals surface area (Å²) in [5.74, 6) is -0.755. The highest BCUT2D eigenvalue weighted by molar-refractivity contribution is 9.10. The smallest absolute Gasteiger partial charge is 0.289 e. The lowest BCUT2D eigenvalue weighted by atomic mass is 10.0. The Morgan fingerprint density at radius 1 is 1.22 bits per heavy atom. The van der Waals surface area contributed by atoms with Crippen LogP contribution in [0.2, 0.25) is 0 Å². The van der Waals surface area contributed by atoms with Crippen molar-refractivity contribution in [2.24, 2.45) is 0 Å². The third kappa shape index (κ3) is 5.20. The van der Waals surface area contributed by atoms with Gasteiger partial charge in [0.1, 0.15) is 0 Å². The fraction of sp³-hybridized carbons (Fsp3) is 0.118. The van der Waals surface area contributed by atoms with Crippen molar-refractivity contribution < 1.29 is 32.0 Å². The molecule has 0 atom stereocenters. The molecule has 2 aromatic rings. The van der Waals surface area contributed by atoms with E-state index in [1.165, 1.54) is 24.3 Å². The fourth-order valence-corrected chi connectivity index (χ4v) is 2.63. The van der Waals surface area contributed by atoms with Crippen molar-refractivity contribution in [2.75, 3.05) is 0 Å². The molecular formula is C17H10BrF4NO4. The summed E-state index contributed by atoms with van der Waals surface area (Å²) in [7, 11) is 0. The number of halogens is 5. The molecule has 2 aromatic carbocycles. The van der Waals surface area contributed by atoms with Gasteiger partial charge in [-0.3, -0.25) is 19.6 Å². The molecule has 0 saturated heterocycles. The quantitative estimate of drug-likeness (QED) is 0.183. The van der Waals surface area contributed by atoms with Gasteiger partial charge in [-0.25, -0.2) is 0 Å². The molecule has 0 heterocycles. The average Bonchev–Trinajstić information content (AvgIpc) is 2.59. The molecule has 2 rings (SSSR count). The Hall–Kier alpha value is -2.59. The molecular weight excluding hydrogens is 438 g/mol. The molecule has 27 heavy (non-hydrogen) atoms. The van der Waals surface area contributed by atoms with Crippen molar-refractivity contribution >= 4 is 33.5 Å². The van der Waals surface area contributed by atoms with Gasteiger partial charge in [0.05, 0.1) is 16.1 Å². The molecule has 0 N–H and O–H groups in total. The predicted molar refractivity (Wildman–Crippen MR) is 91.6 cm³/mol. The zero-order valence-corrected chi connectivity index (χ0v) is 14.8. The number of nitrogens with zero attached hydrogens (tertiary/aromatic N) is 1. The molecule has 0 aliphatic carbocycles. The second kappa shape index (κ2) is 8.40. The maximum atomic E-state index is 13.6. The number of carbonyl (C=O) groups excluding carboxylic acids is 1. The second-order valence-corrected chi connectivity index (χ2v) is 5.96. The molecule has 0 saturated carbocycles. The van der Waals surface area contributed by atoms with Crippen LogP contribution in [0.3, 0.4) is 0 Å². The third-order valence-electron chi connectivity index (χ3n) is 3.35. The van der Waals surface area contributed by atoms with Crippen molar-refractivity contribution in [1.29, 1.82) is 0 Å². The zero-order valence-electron chi connectivity index (χ0n) is 13.2. The first kappa shape index (κ1) is 20.7. The summed E-state index contributed by atoms with van der Waals surface area (Å²) in [6, 6.07) is 8.03. The van der Waals surface area contributed by atoms with Gasteiger partial charge in [0.2, 0.25) is 0 Å². The largest absolute Gasteiger partial charge is 0.387 e. The van der Waals surface area contributed by atoms with Gasteiger partial charge >= 0.3 is 12.7 Å². The molecule has 0 unspecified atom stereocenters. The highest BCUT2D eigenvalue weighted by atomic mass is 79.9. The highest BCUT2D eigenvalue weighted by Gasteiger charge is 2.36. The minimum absolute atomic E-state index is 0.110. The summed E-state index contributed by atoms with van der Waals surface area (Å²) >= 11 is 3.13. The van der Waals surface area contributed by atoms with E-state index in [9.17, 15) is 32.5 Å². The number of ketones is 1. The van der Waals surface area contributed by atoms with Crippen LogP contribution in [0.25, 0.3) is 6.08 Å². The van der Waals surface area contributed by atoms with Crippen molar-refractivity contribution in [3.63, 3.8) is 0 Å². The molecule has 0 radical (unpaired) electrons. The van der Waals surface area contributed by atoms with Crippen LogP contribution in [0.1, 0.15) is 21.5 Å². The normalized spacial score (nSPS) is 11.9. The number of hydrogen-bond donors (Lipinski definition) is 0. The van der Waals surface area contributed by atoms with E-state index in [4.69, 9.17) is 0 Å². The Bertz CT molecular complexity index is 902. The number of ether oxygens (including phenoxy) is 1. The standard InChI is InChI=1S/C17H10BrF4NO4/c18-13-5-2-6-14(23(25)26)12(13)7-8-15(24)10-3-1-4-11(9-10)17(21,22)27-16(19)20/h1-9,16H/b8-7+. The Labute approximate surface area is 158 Å². The number of nitro benzene ring substituents is 1.